The fourth-order valence-electron chi connectivity index (χ4n) is 2.85. The number of aromatic nitrogens is 2. The van der Waals surface area contributed by atoms with Crippen LogP contribution in [0.15, 0.2) is 81.8 Å². The molecule has 3 aromatic carbocycles. The molecule has 0 radical (unpaired) electrons. The summed E-state index contributed by atoms with van der Waals surface area (Å²) >= 11 is 0. The number of azo groups is 1. The Bertz CT molecular complexity index is 1240. The molecule has 3 N–H and O–H groups in total. The molecule has 1 heterocycles. The molecule has 7 heteroatoms. The van der Waals surface area contributed by atoms with E-state index in [0.29, 0.717) is 5.69 Å². The highest BCUT2D eigenvalue weighted by Gasteiger charge is 2.13. The van der Waals surface area contributed by atoms with Gasteiger partial charge in [0.25, 0.3) is 5.56 Å². The maximum atomic E-state index is 12.2. The van der Waals surface area contributed by atoms with Crippen molar-refractivity contribution in [1.29, 1.82) is 0 Å². The minimum Gasteiger partial charge on any atom is -0.478 e. The van der Waals surface area contributed by atoms with E-state index < -0.39 is 11.5 Å². The van der Waals surface area contributed by atoms with Gasteiger partial charge in [-0.05, 0) is 29.0 Å². The molecule has 0 aliphatic rings. The van der Waals surface area contributed by atoms with Crippen molar-refractivity contribution in [3.63, 3.8) is 0 Å². The van der Waals surface area contributed by atoms with Crippen LogP contribution in [0.25, 0.3) is 22.0 Å². The number of aromatic amines is 2. The first kappa shape index (κ1) is 16.5. The van der Waals surface area contributed by atoms with Gasteiger partial charge in [0.05, 0.1) is 11.3 Å². The van der Waals surface area contributed by atoms with E-state index in [1.165, 1.54) is 12.1 Å². The molecule has 0 aliphatic heterocycles. The molecular weight excluding hydrogens is 344 g/mol. The lowest BCUT2D eigenvalue weighted by Gasteiger charge is -2.02. The summed E-state index contributed by atoms with van der Waals surface area (Å²) in [4.78, 5) is 23.4. The smallest absolute Gasteiger partial charge is 0.337 e. The molecule has 0 saturated heterocycles. The van der Waals surface area contributed by atoms with Crippen molar-refractivity contribution >= 4 is 28.1 Å². The minimum atomic E-state index is -1.11. The average molecular weight is 358 g/mol. The summed E-state index contributed by atoms with van der Waals surface area (Å²) in [6.45, 7) is 0. The van der Waals surface area contributed by atoms with Crippen molar-refractivity contribution in [2.45, 2.75) is 0 Å². The molecule has 0 atom stereocenters. The predicted molar refractivity (Wildman–Crippen MR) is 102 cm³/mol. The van der Waals surface area contributed by atoms with Crippen LogP contribution >= 0.6 is 0 Å². The lowest BCUT2D eigenvalue weighted by molar-refractivity contribution is 0.0697. The Balaban J connectivity index is 1.78. The number of hydrogen-bond acceptors (Lipinski definition) is 4. The number of carboxylic acid groups (broad SMARTS) is 1. The standard InChI is InChI=1S/C20H14N4O3/c25-19-18(23-21-16-8-4-3-7-15(16)20(26)27)17(22-24-19)14-10-9-12-5-1-2-6-13(12)11-14/h1-11H,(H,26,27)(H2,22,24,25). The summed E-state index contributed by atoms with van der Waals surface area (Å²) in [5.74, 6) is -1.11. The largest absolute Gasteiger partial charge is 0.478 e. The van der Waals surface area contributed by atoms with Crippen molar-refractivity contribution in [1.82, 2.24) is 10.2 Å². The number of benzene rings is 3. The third-order valence-corrected chi connectivity index (χ3v) is 4.18. The van der Waals surface area contributed by atoms with Gasteiger partial charge < -0.3 is 5.11 Å². The number of carbonyl (C=O) groups is 1. The Morgan fingerprint density at radius 2 is 1.59 bits per heavy atom. The number of carboxylic acids is 1. The average Bonchev–Trinajstić information content (AvgIpc) is 3.06. The fourth-order valence-corrected chi connectivity index (χ4v) is 2.85. The molecule has 0 fully saturated rings. The van der Waals surface area contributed by atoms with Gasteiger partial charge in [-0.3, -0.25) is 15.0 Å². The fraction of sp³-hybridized carbons (Fsp3) is 0. The number of H-pyrrole nitrogens is 2. The van der Waals surface area contributed by atoms with Gasteiger partial charge in [0.1, 0.15) is 5.69 Å². The zero-order chi connectivity index (χ0) is 18.8. The van der Waals surface area contributed by atoms with Gasteiger partial charge in [0.15, 0.2) is 5.69 Å². The van der Waals surface area contributed by atoms with E-state index >= 15 is 0 Å². The molecule has 0 spiro atoms. The molecule has 27 heavy (non-hydrogen) atoms. The number of nitrogens with zero attached hydrogens (tertiary/aromatic N) is 2. The molecule has 0 amide bonds. The highest BCUT2D eigenvalue weighted by atomic mass is 16.4. The molecule has 132 valence electrons. The number of fused-ring (bicyclic) bond motifs is 1. The third kappa shape index (κ3) is 3.13. The second-order valence-electron chi connectivity index (χ2n) is 5.89. The Hall–Kier alpha value is -4.00. The maximum absolute atomic E-state index is 12.2. The lowest BCUT2D eigenvalue weighted by atomic mass is 10.0. The van der Waals surface area contributed by atoms with Crippen LogP contribution in [-0.4, -0.2) is 21.3 Å². The number of rotatable bonds is 4. The topological polar surface area (TPSA) is 111 Å². The Labute approximate surface area is 153 Å². The van der Waals surface area contributed by atoms with Crippen molar-refractivity contribution in [2.75, 3.05) is 0 Å². The van der Waals surface area contributed by atoms with Crippen LogP contribution in [0.3, 0.4) is 0 Å². The maximum Gasteiger partial charge on any atom is 0.337 e. The van der Waals surface area contributed by atoms with Crippen LogP contribution in [0, 0.1) is 0 Å². The highest BCUT2D eigenvalue weighted by Crippen LogP contribution is 2.29. The van der Waals surface area contributed by atoms with Gasteiger partial charge in [-0.25, -0.2) is 4.79 Å². The van der Waals surface area contributed by atoms with Gasteiger partial charge in [0.2, 0.25) is 0 Å². The summed E-state index contributed by atoms with van der Waals surface area (Å²) in [6.07, 6.45) is 0. The number of nitrogens with one attached hydrogen (secondary N) is 2. The first-order valence-corrected chi connectivity index (χ1v) is 8.17. The predicted octanol–water partition coefficient (Wildman–Crippen LogP) is 4.64. The quantitative estimate of drug-likeness (QED) is 0.462. The Morgan fingerprint density at radius 1 is 0.852 bits per heavy atom. The molecular formula is C20H14N4O3. The number of hydrogen-bond donors (Lipinski definition) is 3. The van der Waals surface area contributed by atoms with Gasteiger partial charge in [-0.2, -0.15) is 0 Å². The summed E-state index contributed by atoms with van der Waals surface area (Å²) in [5, 5.41) is 24.7. The first-order valence-electron chi connectivity index (χ1n) is 8.17. The van der Waals surface area contributed by atoms with Gasteiger partial charge >= 0.3 is 5.97 Å². The van der Waals surface area contributed by atoms with Crippen molar-refractivity contribution in [2.24, 2.45) is 10.2 Å². The van der Waals surface area contributed by atoms with Crippen LogP contribution in [0.5, 0.6) is 0 Å². The second-order valence-corrected chi connectivity index (χ2v) is 5.89. The van der Waals surface area contributed by atoms with Crippen LogP contribution < -0.4 is 5.56 Å². The Kier molecular flexibility index (Phi) is 4.10. The molecule has 0 bridgehead atoms. The molecule has 1 aromatic heterocycles. The molecule has 0 saturated carbocycles. The van der Waals surface area contributed by atoms with Gasteiger partial charge in [0, 0.05) is 5.56 Å². The zero-order valence-corrected chi connectivity index (χ0v) is 14.0. The molecule has 0 unspecified atom stereocenters. The van der Waals surface area contributed by atoms with Crippen molar-refractivity contribution < 1.29 is 9.90 Å². The summed E-state index contributed by atoms with van der Waals surface area (Å²) in [7, 11) is 0. The lowest BCUT2D eigenvalue weighted by Crippen LogP contribution is -1.97. The zero-order valence-electron chi connectivity index (χ0n) is 14.0. The molecule has 7 nitrogen and oxygen atoms in total. The minimum absolute atomic E-state index is 0.0143. The number of aromatic carboxylic acids is 1. The van der Waals surface area contributed by atoms with E-state index in [4.69, 9.17) is 0 Å². The Morgan fingerprint density at radius 3 is 2.41 bits per heavy atom. The molecule has 0 aliphatic carbocycles. The summed E-state index contributed by atoms with van der Waals surface area (Å²) < 4.78 is 0. The first-order chi connectivity index (χ1) is 13.1. The third-order valence-electron chi connectivity index (χ3n) is 4.18. The van der Waals surface area contributed by atoms with E-state index in [1.54, 1.807) is 12.1 Å². The van der Waals surface area contributed by atoms with E-state index in [1.807, 2.05) is 42.5 Å². The van der Waals surface area contributed by atoms with Gasteiger partial charge in [-0.15, -0.1) is 10.2 Å². The normalized spacial score (nSPS) is 11.3. The van der Waals surface area contributed by atoms with Crippen LogP contribution in [0.2, 0.25) is 0 Å². The van der Waals surface area contributed by atoms with E-state index in [2.05, 4.69) is 20.4 Å². The SMILES string of the molecule is O=C(O)c1ccccc1N=Nc1c(-c2ccc3ccccc3c2)[nH][nH]c1=O. The van der Waals surface area contributed by atoms with E-state index in [0.717, 1.165) is 16.3 Å². The monoisotopic (exact) mass is 358 g/mol. The summed E-state index contributed by atoms with van der Waals surface area (Å²) in [6, 6.07) is 19.9. The van der Waals surface area contributed by atoms with Crippen LogP contribution in [0.1, 0.15) is 10.4 Å². The second kappa shape index (κ2) is 6.72. The van der Waals surface area contributed by atoms with Crippen molar-refractivity contribution in [3.8, 4) is 11.3 Å². The molecule has 4 aromatic rings. The van der Waals surface area contributed by atoms with Crippen LogP contribution in [-0.2, 0) is 0 Å². The van der Waals surface area contributed by atoms with Gasteiger partial charge in [-0.1, -0.05) is 48.5 Å². The van der Waals surface area contributed by atoms with E-state index in [9.17, 15) is 14.7 Å². The molecule has 4 rings (SSSR count). The van der Waals surface area contributed by atoms with Crippen molar-refractivity contribution in [3.05, 3.63) is 82.6 Å². The summed E-state index contributed by atoms with van der Waals surface area (Å²) in [5.41, 5.74) is 1.10. The highest BCUT2D eigenvalue weighted by molar-refractivity contribution is 5.93. The van der Waals surface area contributed by atoms with E-state index in [-0.39, 0.29) is 16.9 Å². The van der Waals surface area contributed by atoms with Crippen LogP contribution in [0.4, 0.5) is 11.4 Å².